The molecule has 80 valence electrons. The number of amides is 1. The average molecular weight is 213 g/mol. The zero-order chi connectivity index (χ0) is 11.7. The SMILES string of the molecule is CC(=O)c1ccc(C(N)=O)c2ccccc12. The summed E-state index contributed by atoms with van der Waals surface area (Å²) < 4.78 is 0. The quantitative estimate of drug-likeness (QED) is 0.777. The Morgan fingerprint density at radius 1 is 0.938 bits per heavy atom. The van der Waals surface area contributed by atoms with Crippen LogP contribution >= 0.6 is 0 Å². The fraction of sp³-hybridized carbons (Fsp3) is 0.0769. The maximum atomic E-state index is 11.4. The van der Waals surface area contributed by atoms with Crippen molar-refractivity contribution in [1.29, 1.82) is 0 Å². The Hall–Kier alpha value is -2.16. The van der Waals surface area contributed by atoms with Gasteiger partial charge in [0.05, 0.1) is 0 Å². The Labute approximate surface area is 92.9 Å². The van der Waals surface area contributed by atoms with Gasteiger partial charge in [-0.15, -0.1) is 0 Å². The highest BCUT2D eigenvalue weighted by molar-refractivity contribution is 6.13. The van der Waals surface area contributed by atoms with E-state index in [-0.39, 0.29) is 5.78 Å². The van der Waals surface area contributed by atoms with E-state index in [1.54, 1.807) is 18.2 Å². The number of carbonyl (C=O) groups excluding carboxylic acids is 2. The third-order valence-corrected chi connectivity index (χ3v) is 2.57. The van der Waals surface area contributed by atoms with Crippen molar-refractivity contribution in [1.82, 2.24) is 0 Å². The molecule has 16 heavy (non-hydrogen) atoms. The van der Waals surface area contributed by atoms with Crippen molar-refractivity contribution < 1.29 is 9.59 Å². The van der Waals surface area contributed by atoms with Crippen molar-refractivity contribution in [2.75, 3.05) is 0 Å². The Kier molecular flexibility index (Phi) is 2.44. The molecular weight excluding hydrogens is 202 g/mol. The molecule has 0 heterocycles. The molecule has 2 aromatic carbocycles. The Bertz CT molecular complexity index is 535. The van der Waals surface area contributed by atoms with Gasteiger partial charge in [0.2, 0.25) is 5.91 Å². The highest BCUT2D eigenvalue weighted by Gasteiger charge is 2.11. The molecule has 0 fully saturated rings. The van der Waals surface area contributed by atoms with E-state index < -0.39 is 5.91 Å². The van der Waals surface area contributed by atoms with Gasteiger partial charge in [0.15, 0.2) is 5.78 Å². The van der Waals surface area contributed by atoms with Crippen LogP contribution in [0.1, 0.15) is 27.6 Å². The van der Waals surface area contributed by atoms with Crippen molar-refractivity contribution in [3.8, 4) is 0 Å². The molecule has 0 atom stereocenters. The number of primary amides is 1. The van der Waals surface area contributed by atoms with Crippen LogP contribution in [0.4, 0.5) is 0 Å². The van der Waals surface area contributed by atoms with Gasteiger partial charge in [0.1, 0.15) is 0 Å². The monoisotopic (exact) mass is 213 g/mol. The lowest BCUT2D eigenvalue weighted by molar-refractivity contribution is 0.0995. The first-order valence-corrected chi connectivity index (χ1v) is 4.93. The normalized spacial score (nSPS) is 10.3. The largest absolute Gasteiger partial charge is 0.366 e. The van der Waals surface area contributed by atoms with E-state index >= 15 is 0 Å². The summed E-state index contributed by atoms with van der Waals surface area (Å²) in [5.41, 5.74) is 6.34. The molecule has 0 radical (unpaired) electrons. The van der Waals surface area contributed by atoms with E-state index in [4.69, 9.17) is 5.73 Å². The Balaban J connectivity index is 2.87. The number of hydrogen-bond acceptors (Lipinski definition) is 2. The topological polar surface area (TPSA) is 60.2 Å². The molecule has 2 rings (SSSR count). The lowest BCUT2D eigenvalue weighted by Gasteiger charge is -2.06. The fourth-order valence-electron chi connectivity index (χ4n) is 1.82. The van der Waals surface area contributed by atoms with Gasteiger partial charge in [-0.1, -0.05) is 24.3 Å². The minimum absolute atomic E-state index is 0.0211. The van der Waals surface area contributed by atoms with Crippen molar-refractivity contribution in [2.24, 2.45) is 5.73 Å². The summed E-state index contributed by atoms with van der Waals surface area (Å²) in [5.74, 6) is -0.501. The number of Topliss-reactive ketones (excluding diaryl/α,β-unsaturated/α-hetero) is 1. The Morgan fingerprint density at radius 3 is 1.94 bits per heavy atom. The van der Waals surface area contributed by atoms with E-state index in [1.165, 1.54) is 6.92 Å². The standard InChI is InChI=1S/C13H11NO2/c1-8(15)9-6-7-12(13(14)16)11-5-3-2-4-10(9)11/h2-7H,1H3,(H2,14,16). The Morgan fingerprint density at radius 2 is 1.44 bits per heavy atom. The van der Waals surface area contributed by atoms with Crippen LogP contribution in [0, 0.1) is 0 Å². The van der Waals surface area contributed by atoms with E-state index in [0.717, 1.165) is 10.8 Å². The predicted octanol–water partition coefficient (Wildman–Crippen LogP) is 2.14. The average Bonchev–Trinajstić information content (AvgIpc) is 2.27. The van der Waals surface area contributed by atoms with Crippen molar-refractivity contribution in [3.05, 3.63) is 47.5 Å². The predicted molar refractivity (Wildman–Crippen MR) is 62.5 cm³/mol. The van der Waals surface area contributed by atoms with Gasteiger partial charge in [0, 0.05) is 11.1 Å². The van der Waals surface area contributed by atoms with Gasteiger partial charge in [-0.25, -0.2) is 0 Å². The van der Waals surface area contributed by atoms with Crippen molar-refractivity contribution >= 4 is 22.5 Å². The van der Waals surface area contributed by atoms with E-state index in [2.05, 4.69) is 0 Å². The van der Waals surface area contributed by atoms with Crippen molar-refractivity contribution in [3.63, 3.8) is 0 Å². The molecule has 2 N–H and O–H groups in total. The van der Waals surface area contributed by atoms with E-state index in [9.17, 15) is 9.59 Å². The van der Waals surface area contributed by atoms with Gasteiger partial charge in [0.25, 0.3) is 0 Å². The molecule has 0 spiro atoms. The molecule has 2 aromatic rings. The smallest absolute Gasteiger partial charge is 0.249 e. The summed E-state index contributed by atoms with van der Waals surface area (Å²) in [4.78, 5) is 22.7. The highest BCUT2D eigenvalue weighted by atomic mass is 16.1. The van der Waals surface area contributed by atoms with Gasteiger partial charge < -0.3 is 5.73 Å². The number of carbonyl (C=O) groups is 2. The highest BCUT2D eigenvalue weighted by Crippen LogP contribution is 2.22. The third-order valence-electron chi connectivity index (χ3n) is 2.57. The minimum atomic E-state index is -0.480. The zero-order valence-corrected chi connectivity index (χ0v) is 8.86. The number of hydrogen-bond donors (Lipinski definition) is 1. The minimum Gasteiger partial charge on any atom is -0.366 e. The lowest BCUT2D eigenvalue weighted by Crippen LogP contribution is -2.12. The number of ketones is 1. The summed E-state index contributed by atoms with van der Waals surface area (Å²) in [5, 5.41) is 1.49. The van der Waals surface area contributed by atoms with Crippen LogP contribution in [0.3, 0.4) is 0 Å². The maximum absolute atomic E-state index is 11.4. The molecule has 3 nitrogen and oxygen atoms in total. The molecule has 0 saturated heterocycles. The summed E-state index contributed by atoms with van der Waals surface area (Å²) in [7, 11) is 0. The van der Waals surface area contributed by atoms with Crippen LogP contribution in [0.2, 0.25) is 0 Å². The van der Waals surface area contributed by atoms with Crippen LogP contribution in [-0.4, -0.2) is 11.7 Å². The lowest BCUT2D eigenvalue weighted by atomic mass is 9.97. The summed E-state index contributed by atoms with van der Waals surface area (Å²) in [6.45, 7) is 1.51. The van der Waals surface area contributed by atoms with E-state index in [0.29, 0.717) is 11.1 Å². The first-order chi connectivity index (χ1) is 7.61. The van der Waals surface area contributed by atoms with Crippen LogP contribution in [0.25, 0.3) is 10.8 Å². The third kappa shape index (κ3) is 1.56. The summed E-state index contributed by atoms with van der Waals surface area (Å²) in [6.07, 6.45) is 0. The second kappa shape index (κ2) is 3.77. The van der Waals surface area contributed by atoms with Crippen LogP contribution in [0.5, 0.6) is 0 Å². The maximum Gasteiger partial charge on any atom is 0.249 e. The molecule has 0 aromatic heterocycles. The number of fused-ring (bicyclic) bond motifs is 1. The van der Waals surface area contributed by atoms with Crippen molar-refractivity contribution in [2.45, 2.75) is 6.92 Å². The van der Waals surface area contributed by atoms with Crippen LogP contribution < -0.4 is 5.73 Å². The summed E-state index contributed by atoms with van der Waals surface area (Å²) in [6, 6.07) is 10.5. The summed E-state index contributed by atoms with van der Waals surface area (Å²) >= 11 is 0. The molecule has 1 amide bonds. The molecule has 3 heteroatoms. The fourth-order valence-corrected chi connectivity index (χ4v) is 1.82. The molecular formula is C13H11NO2. The number of nitrogens with two attached hydrogens (primary N) is 1. The molecule has 0 aliphatic rings. The zero-order valence-electron chi connectivity index (χ0n) is 8.86. The molecule has 0 aliphatic carbocycles. The molecule has 0 bridgehead atoms. The first-order valence-electron chi connectivity index (χ1n) is 4.93. The van der Waals surface area contributed by atoms with Gasteiger partial charge in [-0.3, -0.25) is 9.59 Å². The van der Waals surface area contributed by atoms with Crippen LogP contribution in [-0.2, 0) is 0 Å². The second-order valence-electron chi connectivity index (χ2n) is 3.63. The van der Waals surface area contributed by atoms with Gasteiger partial charge >= 0.3 is 0 Å². The van der Waals surface area contributed by atoms with Gasteiger partial charge in [-0.05, 0) is 29.8 Å². The molecule has 0 saturated carbocycles. The van der Waals surface area contributed by atoms with Gasteiger partial charge in [-0.2, -0.15) is 0 Å². The molecule has 0 unspecified atom stereocenters. The first kappa shape index (κ1) is 10.4. The number of rotatable bonds is 2. The van der Waals surface area contributed by atoms with Crippen LogP contribution in [0.15, 0.2) is 36.4 Å². The number of benzene rings is 2. The second-order valence-corrected chi connectivity index (χ2v) is 3.63. The van der Waals surface area contributed by atoms with E-state index in [1.807, 2.05) is 18.2 Å². The molecule has 0 aliphatic heterocycles.